The van der Waals surface area contributed by atoms with Gasteiger partial charge in [-0.25, -0.2) is 5.43 Å². The largest absolute Gasteiger partial charge is 0.491 e. The molecule has 18 heavy (non-hydrogen) atoms. The van der Waals surface area contributed by atoms with Crippen LogP contribution in [0.4, 0.5) is 0 Å². The summed E-state index contributed by atoms with van der Waals surface area (Å²) < 4.78 is 11.2. The summed E-state index contributed by atoms with van der Waals surface area (Å²) in [6, 6.07) is 11.3. The van der Waals surface area contributed by atoms with Crippen LogP contribution in [-0.4, -0.2) is 6.10 Å². The smallest absolute Gasteiger partial charge is 0.126 e. The Bertz CT molecular complexity index is 480. The lowest BCUT2D eigenvalue weighted by Crippen LogP contribution is -2.29. The van der Waals surface area contributed by atoms with Gasteiger partial charge >= 0.3 is 0 Å². The zero-order chi connectivity index (χ0) is 13.0. The highest BCUT2D eigenvalue weighted by molar-refractivity contribution is 5.39. The Labute approximate surface area is 107 Å². The summed E-state index contributed by atoms with van der Waals surface area (Å²) in [7, 11) is 0. The molecule has 0 aliphatic heterocycles. The first-order valence-electron chi connectivity index (χ1n) is 5.97. The third-order valence-electron chi connectivity index (χ3n) is 2.59. The molecule has 2 aromatic rings. The lowest BCUT2D eigenvalue weighted by Gasteiger charge is -2.19. The predicted octanol–water partition coefficient (Wildman–Crippen LogP) is 2.62. The average Bonchev–Trinajstić information content (AvgIpc) is 2.85. The van der Waals surface area contributed by atoms with E-state index in [1.165, 1.54) is 0 Å². The molecule has 0 saturated heterocycles. The second kappa shape index (κ2) is 5.71. The summed E-state index contributed by atoms with van der Waals surface area (Å²) in [6.45, 7) is 3.99. The minimum absolute atomic E-state index is 0.112. The van der Waals surface area contributed by atoms with Gasteiger partial charge in [0.25, 0.3) is 0 Å². The van der Waals surface area contributed by atoms with Crippen molar-refractivity contribution in [2.75, 3.05) is 0 Å². The van der Waals surface area contributed by atoms with Crippen LogP contribution in [0.3, 0.4) is 0 Å². The number of nitrogens with two attached hydrogens (primary N) is 1. The van der Waals surface area contributed by atoms with Crippen molar-refractivity contribution in [3.63, 3.8) is 0 Å². The Morgan fingerprint density at radius 3 is 2.56 bits per heavy atom. The van der Waals surface area contributed by atoms with Crippen LogP contribution in [0, 0.1) is 0 Å². The maximum absolute atomic E-state index is 5.79. The molecule has 96 valence electrons. The fourth-order valence-electron chi connectivity index (χ4n) is 1.86. The third-order valence-corrected chi connectivity index (χ3v) is 2.59. The lowest BCUT2D eigenvalue weighted by molar-refractivity contribution is 0.237. The molecule has 0 aliphatic rings. The Balaban J connectivity index is 2.36. The summed E-state index contributed by atoms with van der Waals surface area (Å²) in [5.41, 5.74) is 3.72. The van der Waals surface area contributed by atoms with Crippen LogP contribution < -0.4 is 16.0 Å². The molecule has 0 fully saturated rings. The number of rotatable bonds is 5. The van der Waals surface area contributed by atoms with Gasteiger partial charge in [-0.1, -0.05) is 18.2 Å². The molecule has 2 rings (SSSR count). The van der Waals surface area contributed by atoms with Gasteiger partial charge in [0.15, 0.2) is 0 Å². The van der Waals surface area contributed by atoms with Gasteiger partial charge in [0.1, 0.15) is 17.6 Å². The van der Waals surface area contributed by atoms with E-state index in [2.05, 4.69) is 5.43 Å². The molecule has 0 amide bonds. The van der Waals surface area contributed by atoms with Gasteiger partial charge < -0.3 is 9.15 Å². The Morgan fingerprint density at radius 1 is 1.17 bits per heavy atom. The summed E-state index contributed by atoms with van der Waals surface area (Å²) in [5.74, 6) is 7.20. The second-order valence-corrected chi connectivity index (χ2v) is 4.32. The number of ether oxygens (including phenoxy) is 1. The van der Waals surface area contributed by atoms with Crippen molar-refractivity contribution in [1.82, 2.24) is 5.43 Å². The SMILES string of the molecule is CC(C)Oc1ccccc1C(NN)c1ccco1. The van der Waals surface area contributed by atoms with Crippen LogP contribution in [0.2, 0.25) is 0 Å². The molecule has 1 heterocycles. The Hall–Kier alpha value is -1.78. The first kappa shape index (κ1) is 12.7. The average molecular weight is 246 g/mol. The Kier molecular flexibility index (Phi) is 4.02. The monoisotopic (exact) mass is 246 g/mol. The first-order valence-corrected chi connectivity index (χ1v) is 5.97. The quantitative estimate of drug-likeness (QED) is 0.629. The van der Waals surface area contributed by atoms with Gasteiger partial charge in [-0.15, -0.1) is 0 Å². The van der Waals surface area contributed by atoms with Crippen molar-refractivity contribution >= 4 is 0 Å². The Morgan fingerprint density at radius 2 is 1.94 bits per heavy atom. The van der Waals surface area contributed by atoms with E-state index in [1.807, 2.05) is 50.2 Å². The van der Waals surface area contributed by atoms with E-state index in [4.69, 9.17) is 15.0 Å². The third kappa shape index (κ3) is 2.72. The van der Waals surface area contributed by atoms with E-state index in [1.54, 1.807) is 6.26 Å². The van der Waals surface area contributed by atoms with E-state index in [0.717, 1.165) is 17.1 Å². The molecule has 0 saturated carbocycles. The van der Waals surface area contributed by atoms with Crippen LogP contribution in [0.25, 0.3) is 0 Å². The van der Waals surface area contributed by atoms with Gasteiger partial charge in [0.2, 0.25) is 0 Å². The van der Waals surface area contributed by atoms with Gasteiger partial charge in [-0.3, -0.25) is 5.84 Å². The summed E-state index contributed by atoms with van der Waals surface area (Å²) >= 11 is 0. The number of benzene rings is 1. The van der Waals surface area contributed by atoms with Crippen LogP contribution in [0.5, 0.6) is 5.75 Å². The number of furan rings is 1. The van der Waals surface area contributed by atoms with Gasteiger partial charge in [-0.05, 0) is 32.0 Å². The zero-order valence-corrected chi connectivity index (χ0v) is 10.6. The molecule has 0 spiro atoms. The molecule has 4 nitrogen and oxygen atoms in total. The minimum atomic E-state index is -0.213. The van der Waals surface area contributed by atoms with Gasteiger partial charge in [-0.2, -0.15) is 0 Å². The molecule has 1 aromatic carbocycles. The molecular weight excluding hydrogens is 228 g/mol. The van der Waals surface area contributed by atoms with Gasteiger partial charge in [0, 0.05) is 5.56 Å². The maximum Gasteiger partial charge on any atom is 0.126 e. The molecule has 0 aliphatic carbocycles. The van der Waals surface area contributed by atoms with Crippen molar-refractivity contribution in [1.29, 1.82) is 0 Å². The van der Waals surface area contributed by atoms with Crippen molar-refractivity contribution < 1.29 is 9.15 Å². The fraction of sp³-hybridized carbons (Fsp3) is 0.286. The highest BCUT2D eigenvalue weighted by atomic mass is 16.5. The molecule has 3 N–H and O–H groups in total. The highest BCUT2D eigenvalue weighted by Crippen LogP contribution is 2.30. The topological polar surface area (TPSA) is 60.4 Å². The van der Waals surface area contributed by atoms with E-state index in [-0.39, 0.29) is 12.1 Å². The lowest BCUT2D eigenvalue weighted by atomic mass is 10.0. The number of hydrogen-bond acceptors (Lipinski definition) is 4. The molecular formula is C14H18N2O2. The van der Waals surface area contributed by atoms with E-state index in [9.17, 15) is 0 Å². The number of nitrogens with one attached hydrogen (secondary N) is 1. The van der Waals surface area contributed by atoms with Crippen LogP contribution in [-0.2, 0) is 0 Å². The maximum atomic E-state index is 5.79. The van der Waals surface area contributed by atoms with E-state index in [0.29, 0.717) is 0 Å². The summed E-state index contributed by atoms with van der Waals surface area (Å²) in [5, 5.41) is 0. The first-order chi connectivity index (χ1) is 8.72. The van der Waals surface area contributed by atoms with Gasteiger partial charge in [0.05, 0.1) is 12.4 Å². The van der Waals surface area contributed by atoms with E-state index >= 15 is 0 Å². The zero-order valence-electron chi connectivity index (χ0n) is 10.6. The normalized spacial score (nSPS) is 12.7. The standard InChI is InChI=1S/C14H18N2O2/c1-10(2)18-12-7-4-3-6-11(12)14(16-15)13-8-5-9-17-13/h3-10,14,16H,15H2,1-2H3. The van der Waals surface area contributed by atoms with E-state index < -0.39 is 0 Å². The number of hydrogen-bond donors (Lipinski definition) is 2. The molecule has 4 heteroatoms. The van der Waals surface area contributed by atoms with Crippen LogP contribution in [0.15, 0.2) is 47.1 Å². The minimum Gasteiger partial charge on any atom is -0.491 e. The predicted molar refractivity (Wildman–Crippen MR) is 70.1 cm³/mol. The van der Waals surface area contributed by atoms with Crippen molar-refractivity contribution in [2.45, 2.75) is 26.0 Å². The fourth-order valence-corrected chi connectivity index (χ4v) is 1.86. The van der Waals surface area contributed by atoms with Crippen molar-refractivity contribution in [2.24, 2.45) is 5.84 Å². The van der Waals surface area contributed by atoms with Crippen LogP contribution >= 0.6 is 0 Å². The molecule has 0 bridgehead atoms. The molecule has 1 atom stereocenters. The van der Waals surface area contributed by atoms with Crippen molar-refractivity contribution in [3.8, 4) is 5.75 Å². The molecule has 0 radical (unpaired) electrons. The number of hydrazine groups is 1. The number of para-hydroxylation sites is 1. The highest BCUT2D eigenvalue weighted by Gasteiger charge is 2.19. The molecule has 1 unspecified atom stereocenters. The van der Waals surface area contributed by atoms with Crippen molar-refractivity contribution in [3.05, 3.63) is 54.0 Å². The molecule has 1 aromatic heterocycles. The summed E-state index contributed by atoms with van der Waals surface area (Å²) in [4.78, 5) is 0. The second-order valence-electron chi connectivity index (χ2n) is 4.32. The summed E-state index contributed by atoms with van der Waals surface area (Å²) in [6.07, 6.45) is 1.74. The van der Waals surface area contributed by atoms with Crippen LogP contribution in [0.1, 0.15) is 31.2 Å².